The van der Waals surface area contributed by atoms with Crippen LogP contribution in [0.25, 0.3) is 0 Å². The molecule has 1 aromatic carbocycles. The zero-order valence-corrected chi connectivity index (χ0v) is 11.2. The molecule has 1 heterocycles. The Morgan fingerprint density at radius 2 is 2.22 bits per heavy atom. The molecule has 0 N–H and O–H groups in total. The Bertz CT molecular complexity index is 568. The van der Waals surface area contributed by atoms with Gasteiger partial charge in [0, 0.05) is 12.3 Å². The van der Waals surface area contributed by atoms with Crippen molar-refractivity contribution < 1.29 is 4.92 Å². The van der Waals surface area contributed by atoms with E-state index in [4.69, 9.17) is 0 Å². The van der Waals surface area contributed by atoms with Crippen LogP contribution in [0.15, 0.2) is 30.5 Å². The number of nitro groups is 1. The van der Waals surface area contributed by atoms with Gasteiger partial charge in [-0.05, 0) is 6.92 Å². The van der Waals surface area contributed by atoms with Crippen LogP contribution in [0.1, 0.15) is 23.0 Å². The van der Waals surface area contributed by atoms with Crippen molar-refractivity contribution in [1.82, 2.24) is 15.0 Å². The fourth-order valence-corrected chi connectivity index (χ4v) is 1.78. The molecule has 0 fully saturated rings. The van der Waals surface area contributed by atoms with Crippen molar-refractivity contribution in [2.75, 3.05) is 0 Å². The molecule has 0 aliphatic rings. The SMILES string of the molecule is CC(Br)c1cn(Cc2ccccc2[N+](=O)[O-])nn1. The maximum absolute atomic E-state index is 10.9. The Morgan fingerprint density at radius 3 is 2.83 bits per heavy atom. The largest absolute Gasteiger partial charge is 0.274 e. The summed E-state index contributed by atoms with van der Waals surface area (Å²) < 4.78 is 1.59. The molecule has 2 aromatic rings. The van der Waals surface area contributed by atoms with Gasteiger partial charge in [0.15, 0.2) is 0 Å². The minimum atomic E-state index is -0.389. The quantitative estimate of drug-likeness (QED) is 0.494. The summed E-state index contributed by atoms with van der Waals surface area (Å²) in [6, 6.07) is 6.62. The Balaban J connectivity index is 2.25. The second-order valence-electron chi connectivity index (χ2n) is 3.84. The van der Waals surface area contributed by atoms with Gasteiger partial charge in [0.25, 0.3) is 5.69 Å². The number of hydrogen-bond acceptors (Lipinski definition) is 4. The highest BCUT2D eigenvalue weighted by Crippen LogP contribution is 2.21. The summed E-state index contributed by atoms with van der Waals surface area (Å²) in [5.74, 6) is 0. The zero-order chi connectivity index (χ0) is 13.1. The van der Waals surface area contributed by atoms with E-state index in [1.54, 1.807) is 29.1 Å². The lowest BCUT2D eigenvalue weighted by molar-refractivity contribution is -0.385. The van der Waals surface area contributed by atoms with Crippen molar-refractivity contribution in [1.29, 1.82) is 0 Å². The molecule has 0 bridgehead atoms. The maximum Gasteiger partial charge on any atom is 0.274 e. The highest BCUT2D eigenvalue weighted by molar-refractivity contribution is 9.09. The molecular formula is C11H11BrN4O2. The number of aromatic nitrogens is 3. The van der Waals surface area contributed by atoms with Gasteiger partial charge in [0.05, 0.1) is 27.6 Å². The van der Waals surface area contributed by atoms with Gasteiger partial charge in [-0.3, -0.25) is 10.1 Å². The molecule has 6 nitrogen and oxygen atoms in total. The molecular weight excluding hydrogens is 300 g/mol. The zero-order valence-electron chi connectivity index (χ0n) is 9.65. The molecule has 0 aliphatic heterocycles. The summed E-state index contributed by atoms with van der Waals surface area (Å²) in [7, 11) is 0. The normalized spacial score (nSPS) is 12.3. The number of halogens is 1. The molecule has 0 saturated heterocycles. The fourth-order valence-electron chi connectivity index (χ4n) is 1.57. The van der Waals surface area contributed by atoms with Crippen molar-refractivity contribution in [2.45, 2.75) is 18.3 Å². The summed E-state index contributed by atoms with van der Waals surface area (Å²) in [4.78, 5) is 10.6. The molecule has 0 amide bonds. The van der Waals surface area contributed by atoms with Crippen molar-refractivity contribution in [3.63, 3.8) is 0 Å². The van der Waals surface area contributed by atoms with Crippen LogP contribution in [-0.4, -0.2) is 19.9 Å². The van der Waals surface area contributed by atoms with Crippen LogP contribution in [0.4, 0.5) is 5.69 Å². The molecule has 0 spiro atoms. The van der Waals surface area contributed by atoms with Crippen molar-refractivity contribution in [3.8, 4) is 0 Å². The standard InChI is InChI=1S/C11H11BrN4O2/c1-8(12)10-7-15(14-13-10)6-9-4-2-3-5-11(9)16(17)18/h2-5,7-8H,6H2,1H3. The van der Waals surface area contributed by atoms with Gasteiger partial charge in [0.2, 0.25) is 0 Å². The van der Waals surface area contributed by atoms with Gasteiger partial charge >= 0.3 is 0 Å². The van der Waals surface area contributed by atoms with Crippen LogP contribution in [-0.2, 0) is 6.54 Å². The van der Waals surface area contributed by atoms with E-state index in [-0.39, 0.29) is 15.4 Å². The smallest absolute Gasteiger partial charge is 0.258 e. The Labute approximate surface area is 112 Å². The second kappa shape index (κ2) is 5.26. The summed E-state index contributed by atoms with van der Waals surface area (Å²) in [5.41, 5.74) is 1.51. The van der Waals surface area contributed by atoms with Crippen LogP contribution >= 0.6 is 15.9 Å². The minimum absolute atomic E-state index is 0.0986. The lowest BCUT2D eigenvalue weighted by Crippen LogP contribution is -2.03. The second-order valence-corrected chi connectivity index (χ2v) is 5.22. The van der Waals surface area contributed by atoms with Gasteiger partial charge in [-0.25, -0.2) is 4.68 Å². The summed E-state index contributed by atoms with van der Waals surface area (Å²) >= 11 is 3.39. The van der Waals surface area contributed by atoms with Crippen LogP contribution < -0.4 is 0 Å². The number of rotatable bonds is 4. The Hall–Kier alpha value is -1.76. The van der Waals surface area contributed by atoms with E-state index in [1.165, 1.54) is 6.07 Å². The molecule has 2 rings (SSSR count). The van der Waals surface area contributed by atoms with Crippen molar-refractivity contribution in [2.24, 2.45) is 0 Å². The first-order valence-corrected chi connectivity index (χ1v) is 6.26. The van der Waals surface area contributed by atoms with E-state index in [1.807, 2.05) is 6.92 Å². The van der Waals surface area contributed by atoms with Crippen LogP contribution in [0.5, 0.6) is 0 Å². The maximum atomic E-state index is 10.9. The highest BCUT2D eigenvalue weighted by atomic mass is 79.9. The van der Waals surface area contributed by atoms with Gasteiger partial charge in [-0.2, -0.15) is 0 Å². The van der Waals surface area contributed by atoms with E-state index in [0.717, 1.165) is 5.69 Å². The van der Waals surface area contributed by atoms with Crippen LogP contribution in [0.3, 0.4) is 0 Å². The first kappa shape index (κ1) is 12.7. The number of nitrogens with zero attached hydrogens (tertiary/aromatic N) is 4. The lowest BCUT2D eigenvalue weighted by atomic mass is 10.2. The lowest BCUT2D eigenvalue weighted by Gasteiger charge is -2.02. The number of para-hydroxylation sites is 1. The molecule has 94 valence electrons. The van der Waals surface area contributed by atoms with Crippen molar-refractivity contribution in [3.05, 3.63) is 51.8 Å². The van der Waals surface area contributed by atoms with E-state index in [0.29, 0.717) is 12.1 Å². The number of alkyl halides is 1. The van der Waals surface area contributed by atoms with Gasteiger partial charge < -0.3 is 0 Å². The molecule has 18 heavy (non-hydrogen) atoms. The average Bonchev–Trinajstić information content (AvgIpc) is 2.78. The first-order chi connectivity index (χ1) is 8.58. The molecule has 0 aliphatic carbocycles. The van der Waals surface area contributed by atoms with E-state index < -0.39 is 0 Å². The van der Waals surface area contributed by atoms with Gasteiger partial charge in [-0.15, -0.1) is 5.10 Å². The summed E-state index contributed by atoms with van der Waals surface area (Å²) in [5, 5.41) is 18.8. The predicted molar refractivity (Wildman–Crippen MR) is 69.6 cm³/mol. The summed E-state index contributed by atoms with van der Waals surface area (Å²) in [6.07, 6.45) is 1.77. The van der Waals surface area contributed by atoms with E-state index >= 15 is 0 Å². The summed E-state index contributed by atoms with van der Waals surface area (Å²) in [6.45, 7) is 2.28. The number of benzene rings is 1. The highest BCUT2D eigenvalue weighted by Gasteiger charge is 2.14. The molecule has 1 atom stereocenters. The molecule has 0 radical (unpaired) electrons. The third-order valence-electron chi connectivity index (χ3n) is 2.48. The van der Waals surface area contributed by atoms with Gasteiger partial charge in [-0.1, -0.05) is 39.3 Å². The number of hydrogen-bond donors (Lipinski definition) is 0. The van der Waals surface area contributed by atoms with E-state index in [2.05, 4.69) is 26.2 Å². The van der Waals surface area contributed by atoms with Crippen LogP contribution in [0.2, 0.25) is 0 Å². The Kier molecular flexibility index (Phi) is 3.71. The van der Waals surface area contributed by atoms with Crippen LogP contribution in [0, 0.1) is 10.1 Å². The topological polar surface area (TPSA) is 73.8 Å². The first-order valence-electron chi connectivity index (χ1n) is 5.34. The molecule has 7 heteroatoms. The minimum Gasteiger partial charge on any atom is -0.258 e. The number of nitro benzene ring substituents is 1. The molecule has 1 unspecified atom stereocenters. The monoisotopic (exact) mass is 310 g/mol. The fraction of sp³-hybridized carbons (Fsp3) is 0.273. The predicted octanol–water partition coefficient (Wildman–Crippen LogP) is 2.69. The average molecular weight is 311 g/mol. The van der Waals surface area contributed by atoms with Crippen molar-refractivity contribution >= 4 is 21.6 Å². The van der Waals surface area contributed by atoms with Gasteiger partial charge in [0.1, 0.15) is 0 Å². The Morgan fingerprint density at radius 1 is 1.50 bits per heavy atom. The third-order valence-corrected chi connectivity index (χ3v) is 2.95. The molecule has 1 aromatic heterocycles. The third kappa shape index (κ3) is 2.73. The van der Waals surface area contributed by atoms with E-state index in [9.17, 15) is 10.1 Å². The molecule has 0 saturated carbocycles.